The summed E-state index contributed by atoms with van der Waals surface area (Å²) in [5.41, 5.74) is 1.95. The van der Waals surface area contributed by atoms with Gasteiger partial charge in [0.05, 0.1) is 16.2 Å². The molecule has 0 aromatic heterocycles. The third-order valence-corrected chi connectivity index (χ3v) is 3.47. The van der Waals surface area contributed by atoms with Gasteiger partial charge >= 0.3 is 6.18 Å². The Morgan fingerprint density at radius 1 is 1.15 bits per heavy atom. The topological polar surface area (TPSA) is 96.6 Å². The van der Waals surface area contributed by atoms with Crippen LogP contribution in [-0.4, -0.2) is 16.5 Å². The molecule has 0 spiro atoms. The van der Waals surface area contributed by atoms with Gasteiger partial charge in [-0.05, 0) is 36.8 Å². The Morgan fingerprint density at radius 2 is 1.85 bits per heavy atom. The Bertz CT molecular complexity index is 911. The van der Waals surface area contributed by atoms with E-state index in [2.05, 4.69) is 15.8 Å². The van der Waals surface area contributed by atoms with E-state index in [1.54, 1.807) is 31.2 Å². The van der Waals surface area contributed by atoms with Crippen LogP contribution in [0.5, 0.6) is 0 Å². The van der Waals surface area contributed by atoms with Crippen LogP contribution in [0.3, 0.4) is 0 Å². The van der Waals surface area contributed by atoms with E-state index in [9.17, 15) is 28.1 Å². The van der Waals surface area contributed by atoms with E-state index >= 15 is 0 Å². The maximum Gasteiger partial charge on any atom is 0.416 e. The second-order valence-electron chi connectivity index (χ2n) is 5.56. The van der Waals surface area contributed by atoms with Gasteiger partial charge in [-0.25, -0.2) is 0 Å². The fraction of sp³-hybridized carbons (Fsp3) is 0.176. The molecule has 142 valence electrons. The molecule has 1 amide bonds. The first-order valence-electron chi connectivity index (χ1n) is 7.62. The summed E-state index contributed by atoms with van der Waals surface area (Å²) >= 11 is 0. The van der Waals surface area contributed by atoms with Crippen LogP contribution in [0.25, 0.3) is 0 Å². The molecule has 10 heteroatoms. The summed E-state index contributed by atoms with van der Waals surface area (Å²) in [5, 5.41) is 17.7. The fourth-order valence-electron chi connectivity index (χ4n) is 2.19. The number of alkyl halides is 3. The number of carbonyl (C=O) groups is 1. The van der Waals surface area contributed by atoms with Crippen molar-refractivity contribution in [2.24, 2.45) is 5.10 Å². The molecule has 7 nitrogen and oxygen atoms in total. The van der Waals surface area contributed by atoms with Gasteiger partial charge in [-0.15, -0.1) is 0 Å². The van der Waals surface area contributed by atoms with Gasteiger partial charge in [0.15, 0.2) is 0 Å². The highest BCUT2D eigenvalue weighted by Crippen LogP contribution is 2.35. The number of nitrogens with one attached hydrogen (secondary N) is 2. The van der Waals surface area contributed by atoms with Gasteiger partial charge in [0.25, 0.3) is 5.69 Å². The van der Waals surface area contributed by atoms with Crippen molar-refractivity contribution >= 4 is 28.7 Å². The number of nitro groups is 1. The van der Waals surface area contributed by atoms with E-state index in [1.165, 1.54) is 6.92 Å². The summed E-state index contributed by atoms with van der Waals surface area (Å²) < 4.78 is 38.2. The highest BCUT2D eigenvalue weighted by molar-refractivity contribution is 6.00. The number of amides is 1. The predicted octanol–water partition coefficient (Wildman–Crippen LogP) is 4.41. The first-order valence-corrected chi connectivity index (χ1v) is 7.62. The van der Waals surface area contributed by atoms with E-state index in [0.717, 1.165) is 12.1 Å². The van der Waals surface area contributed by atoms with Gasteiger partial charge in [0.2, 0.25) is 5.91 Å². The minimum Gasteiger partial charge on any atom is -0.326 e. The Labute approximate surface area is 152 Å². The minimum atomic E-state index is -4.69. The predicted molar refractivity (Wildman–Crippen MR) is 94.7 cm³/mol. The van der Waals surface area contributed by atoms with E-state index in [1.807, 2.05) is 0 Å². The molecule has 2 aromatic rings. The fourth-order valence-corrected chi connectivity index (χ4v) is 2.19. The van der Waals surface area contributed by atoms with Gasteiger partial charge in [-0.1, -0.05) is 12.1 Å². The molecular formula is C17H15F3N4O3. The van der Waals surface area contributed by atoms with E-state index in [0.29, 0.717) is 23.0 Å². The lowest BCUT2D eigenvalue weighted by molar-refractivity contribution is -0.384. The number of nitrogens with zero attached hydrogens (tertiary/aromatic N) is 2. The van der Waals surface area contributed by atoms with Crippen LogP contribution >= 0.6 is 0 Å². The zero-order chi connectivity index (χ0) is 20.2. The molecule has 0 aliphatic carbocycles. The first-order chi connectivity index (χ1) is 12.6. The molecule has 2 N–H and O–H groups in total. The number of halogens is 3. The lowest BCUT2D eigenvalue weighted by atomic mass is 10.1. The highest BCUT2D eigenvalue weighted by atomic mass is 19.4. The number of anilines is 2. The largest absolute Gasteiger partial charge is 0.416 e. The summed E-state index contributed by atoms with van der Waals surface area (Å²) in [5.74, 6) is -0.250. The summed E-state index contributed by atoms with van der Waals surface area (Å²) in [7, 11) is 0. The standard InChI is InChI=1S/C17H15F3N4O3/c1-10(12-4-3-5-14(8-12)21-11(2)25)22-23-15-7-6-13(17(18,19)20)9-16(15)24(26)27/h3-9,23H,1-2H3,(H,21,25)/b22-10+. The quantitative estimate of drug-likeness (QED) is 0.456. The van der Waals surface area contributed by atoms with Gasteiger partial charge in [-0.2, -0.15) is 18.3 Å². The molecule has 0 heterocycles. The maximum atomic E-state index is 12.7. The normalized spacial score (nSPS) is 11.8. The van der Waals surface area contributed by atoms with Gasteiger partial charge in [0.1, 0.15) is 5.69 Å². The monoisotopic (exact) mass is 380 g/mol. The molecular weight excluding hydrogens is 365 g/mol. The number of nitro benzene ring substituents is 1. The SMILES string of the molecule is CC(=O)Nc1cccc(/C(C)=N/Nc2ccc(C(F)(F)F)cc2[N+](=O)[O-])c1. The van der Waals surface area contributed by atoms with Crippen LogP contribution in [-0.2, 0) is 11.0 Å². The smallest absolute Gasteiger partial charge is 0.326 e. The summed E-state index contributed by atoms with van der Waals surface area (Å²) in [6, 6.07) is 8.83. The third-order valence-electron chi connectivity index (χ3n) is 3.47. The van der Waals surface area contributed by atoms with Gasteiger partial charge < -0.3 is 5.32 Å². The van der Waals surface area contributed by atoms with Crippen molar-refractivity contribution in [2.75, 3.05) is 10.7 Å². The van der Waals surface area contributed by atoms with Crippen LogP contribution in [0.4, 0.5) is 30.2 Å². The zero-order valence-electron chi connectivity index (χ0n) is 14.3. The third kappa shape index (κ3) is 5.27. The number of carbonyl (C=O) groups excluding carboxylic acids is 1. The molecule has 2 aromatic carbocycles. The van der Waals surface area contributed by atoms with Crippen LogP contribution in [0.1, 0.15) is 25.0 Å². The summed E-state index contributed by atoms with van der Waals surface area (Å²) in [6.07, 6.45) is -4.69. The minimum absolute atomic E-state index is 0.176. The number of benzene rings is 2. The van der Waals surface area contributed by atoms with E-state index in [-0.39, 0.29) is 11.6 Å². The zero-order valence-corrected chi connectivity index (χ0v) is 14.3. The summed E-state index contributed by atoms with van der Waals surface area (Å²) in [6.45, 7) is 2.97. The lowest BCUT2D eigenvalue weighted by Gasteiger charge is -2.09. The molecule has 2 rings (SSSR count). The van der Waals surface area contributed by atoms with Crippen LogP contribution < -0.4 is 10.7 Å². The van der Waals surface area contributed by atoms with Crippen molar-refractivity contribution in [3.63, 3.8) is 0 Å². The van der Waals surface area contributed by atoms with Crippen LogP contribution in [0.2, 0.25) is 0 Å². The molecule has 0 bridgehead atoms. The van der Waals surface area contributed by atoms with Crippen molar-refractivity contribution in [1.29, 1.82) is 0 Å². The molecule has 0 atom stereocenters. The number of hydrogen-bond acceptors (Lipinski definition) is 5. The number of hydrazone groups is 1. The lowest BCUT2D eigenvalue weighted by Crippen LogP contribution is -2.08. The average Bonchev–Trinajstić information content (AvgIpc) is 2.58. The second kappa shape index (κ2) is 7.85. The first kappa shape index (κ1) is 19.9. The van der Waals surface area contributed by atoms with Gasteiger partial charge in [0, 0.05) is 18.7 Å². The van der Waals surface area contributed by atoms with Crippen molar-refractivity contribution in [3.05, 3.63) is 63.7 Å². The molecule has 0 aliphatic heterocycles. The Morgan fingerprint density at radius 3 is 2.44 bits per heavy atom. The highest BCUT2D eigenvalue weighted by Gasteiger charge is 2.33. The molecule has 0 fully saturated rings. The van der Waals surface area contributed by atoms with Crippen molar-refractivity contribution in [2.45, 2.75) is 20.0 Å². The number of rotatable bonds is 5. The molecule has 27 heavy (non-hydrogen) atoms. The van der Waals surface area contributed by atoms with Crippen molar-refractivity contribution in [1.82, 2.24) is 0 Å². The van der Waals surface area contributed by atoms with Crippen LogP contribution in [0.15, 0.2) is 47.6 Å². The Balaban J connectivity index is 2.29. The molecule has 0 unspecified atom stereocenters. The average molecular weight is 380 g/mol. The second-order valence-corrected chi connectivity index (χ2v) is 5.56. The number of hydrogen-bond donors (Lipinski definition) is 2. The van der Waals surface area contributed by atoms with Gasteiger partial charge in [-0.3, -0.25) is 20.3 Å². The van der Waals surface area contributed by atoms with E-state index < -0.39 is 22.4 Å². The maximum absolute atomic E-state index is 12.7. The summed E-state index contributed by atoms with van der Waals surface area (Å²) in [4.78, 5) is 21.3. The van der Waals surface area contributed by atoms with E-state index in [4.69, 9.17) is 0 Å². The van der Waals surface area contributed by atoms with Crippen molar-refractivity contribution < 1.29 is 22.9 Å². The Kier molecular flexibility index (Phi) is 5.78. The molecule has 0 saturated carbocycles. The molecule has 0 saturated heterocycles. The van der Waals surface area contributed by atoms with Crippen molar-refractivity contribution in [3.8, 4) is 0 Å². The molecule has 0 radical (unpaired) electrons. The Hall–Kier alpha value is -3.43. The van der Waals surface area contributed by atoms with Crippen LogP contribution in [0, 0.1) is 10.1 Å². The molecule has 0 aliphatic rings.